The molecule has 0 aliphatic rings. The highest BCUT2D eigenvalue weighted by Crippen LogP contribution is 2.11. The maximum absolute atomic E-state index is 8.83. The lowest BCUT2D eigenvalue weighted by Gasteiger charge is -2.10. The maximum Gasteiger partial charge on any atom is 0.0701 e. The molecule has 0 spiro atoms. The summed E-state index contributed by atoms with van der Waals surface area (Å²) < 4.78 is 0. The Morgan fingerprint density at radius 1 is 1.33 bits per heavy atom. The number of aliphatic hydroxyl groups is 1. The molecule has 0 aliphatic carbocycles. The molecular formula is C8H11Cl2NO. The van der Waals surface area contributed by atoms with Crippen LogP contribution in [-0.4, -0.2) is 11.7 Å². The zero-order valence-corrected chi connectivity index (χ0v) is 7.98. The molecule has 68 valence electrons. The molecule has 1 aromatic carbocycles. The fourth-order valence-electron chi connectivity index (χ4n) is 0.888. The Bertz CT molecular complexity index is 201. The molecule has 0 fully saturated rings. The first kappa shape index (κ1) is 11.7. The fourth-order valence-corrected chi connectivity index (χ4v) is 1.08. The summed E-state index contributed by atoms with van der Waals surface area (Å²) in [6.07, 6.45) is 0. The van der Waals surface area contributed by atoms with Crippen molar-refractivity contribution >= 4 is 24.2 Å². The summed E-state index contributed by atoms with van der Waals surface area (Å²) in [5, 5.41) is 8.83. The van der Waals surface area contributed by atoms with Gasteiger partial charge in [0.2, 0.25) is 0 Å². The number of benzene rings is 1. The topological polar surface area (TPSA) is 32.3 Å². The minimum absolute atomic E-state index is 0. The molecule has 1 atom stereocenters. The standard InChI is InChI=1S/C8H10ClNO.ClH/c9-10-8(6-11)7-4-2-1-3-5-7;/h1-5,8,10-11H,6H2;1H. The SMILES string of the molecule is Cl.OCC(NCl)c1ccccc1. The molecule has 0 radical (unpaired) electrons. The van der Waals surface area contributed by atoms with Crippen LogP contribution in [0.3, 0.4) is 0 Å². The van der Waals surface area contributed by atoms with Crippen molar-refractivity contribution in [3.63, 3.8) is 0 Å². The summed E-state index contributed by atoms with van der Waals surface area (Å²) in [5.41, 5.74) is 0.991. The van der Waals surface area contributed by atoms with E-state index in [1.165, 1.54) is 0 Å². The van der Waals surface area contributed by atoms with Crippen LogP contribution in [-0.2, 0) is 0 Å². The van der Waals surface area contributed by atoms with E-state index < -0.39 is 0 Å². The first-order valence-corrected chi connectivity index (χ1v) is 3.78. The van der Waals surface area contributed by atoms with E-state index in [-0.39, 0.29) is 25.1 Å². The molecule has 2 N–H and O–H groups in total. The summed E-state index contributed by atoms with van der Waals surface area (Å²) in [4.78, 5) is 2.49. The number of aliphatic hydroxyl groups excluding tert-OH is 1. The minimum atomic E-state index is -0.169. The first-order chi connectivity index (χ1) is 5.38. The van der Waals surface area contributed by atoms with Gasteiger partial charge < -0.3 is 5.11 Å². The van der Waals surface area contributed by atoms with E-state index in [1.54, 1.807) is 0 Å². The van der Waals surface area contributed by atoms with Gasteiger partial charge in [0.1, 0.15) is 0 Å². The predicted molar refractivity (Wildman–Crippen MR) is 52.5 cm³/mol. The molecular weight excluding hydrogens is 197 g/mol. The van der Waals surface area contributed by atoms with Crippen LogP contribution in [0.15, 0.2) is 30.3 Å². The maximum atomic E-state index is 8.83. The quantitative estimate of drug-likeness (QED) is 0.743. The van der Waals surface area contributed by atoms with Gasteiger partial charge in [-0.2, -0.15) is 0 Å². The molecule has 1 rings (SSSR count). The highest BCUT2D eigenvalue weighted by Gasteiger charge is 2.05. The average molecular weight is 208 g/mol. The van der Waals surface area contributed by atoms with Crippen molar-refractivity contribution < 1.29 is 5.11 Å². The van der Waals surface area contributed by atoms with Crippen LogP contribution in [0, 0.1) is 0 Å². The van der Waals surface area contributed by atoms with Gasteiger partial charge in [0.15, 0.2) is 0 Å². The van der Waals surface area contributed by atoms with Crippen LogP contribution in [0.25, 0.3) is 0 Å². The van der Waals surface area contributed by atoms with Gasteiger partial charge >= 0.3 is 0 Å². The highest BCUT2D eigenvalue weighted by atomic mass is 35.5. The fraction of sp³-hybridized carbons (Fsp3) is 0.250. The van der Waals surface area contributed by atoms with Crippen LogP contribution in [0.2, 0.25) is 0 Å². The highest BCUT2D eigenvalue weighted by molar-refractivity contribution is 6.13. The van der Waals surface area contributed by atoms with Gasteiger partial charge in [0.25, 0.3) is 0 Å². The minimum Gasteiger partial charge on any atom is -0.394 e. The summed E-state index contributed by atoms with van der Waals surface area (Å²) in [5.74, 6) is 0. The molecule has 0 aromatic heterocycles. The van der Waals surface area contributed by atoms with Crippen molar-refractivity contribution in [1.29, 1.82) is 0 Å². The Morgan fingerprint density at radius 2 is 1.92 bits per heavy atom. The van der Waals surface area contributed by atoms with Crippen LogP contribution in [0.1, 0.15) is 11.6 Å². The monoisotopic (exact) mass is 207 g/mol. The molecule has 0 aliphatic heterocycles. The Balaban J connectivity index is 0.00000121. The van der Waals surface area contributed by atoms with Gasteiger partial charge in [0, 0.05) is 0 Å². The van der Waals surface area contributed by atoms with Gasteiger partial charge in [-0.3, -0.25) is 0 Å². The lowest BCUT2D eigenvalue weighted by atomic mass is 10.1. The van der Waals surface area contributed by atoms with Gasteiger partial charge in [-0.15, -0.1) is 12.4 Å². The zero-order valence-electron chi connectivity index (χ0n) is 6.40. The van der Waals surface area contributed by atoms with Gasteiger partial charge in [-0.05, 0) is 17.3 Å². The Morgan fingerprint density at radius 3 is 2.33 bits per heavy atom. The third kappa shape index (κ3) is 2.99. The van der Waals surface area contributed by atoms with Crippen LogP contribution in [0.4, 0.5) is 0 Å². The normalized spacial score (nSPS) is 11.8. The molecule has 0 saturated carbocycles. The van der Waals surface area contributed by atoms with Gasteiger partial charge in [-0.25, -0.2) is 4.84 Å². The van der Waals surface area contributed by atoms with Gasteiger partial charge in [0.05, 0.1) is 12.6 Å². The lowest BCUT2D eigenvalue weighted by molar-refractivity contribution is 0.260. The average Bonchev–Trinajstić information content (AvgIpc) is 2.09. The van der Waals surface area contributed by atoms with E-state index in [2.05, 4.69) is 4.84 Å². The van der Waals surface area contributed by atoms with Crippen molar-refractivity contribution in [3.8, 4) is 0 Å². The summed E-state index contributed by atoms with van der Waals surface area (Å²) in [6, 6.07) is 9.40. The van der Waals surface area contributed by atoms with Crippen molar-refractivity contribution in [2.45, 2.75) is 6.04 Å². The molecule has 0 saturated heterocycles. The van der Waals surface area contributed by atoms with Gasteiger partial charge in [-0.1, -0.05) is 30.3 Å². The van der Waals surface area contributed by atoms with E-state index >= 15 is 0 Å². The van der Waals surface area contributed by atoms with E-state index in [4.69, 9.17) is 16.9 Å². The van der Waals surface area contributed by atoms with Crippen LogP contribution < -0.4 is 4.84 Å². The summed E-state index contributed by atoms with van der Waals surface area (Å²) >= 11 is 5.39. The molecule has 12 heavy (non-hydrogen) atoms. The second-order valence-electron chi connectivity index (χ2n) is 2.25. The second-order valence-corrected chi connectivity index (χ2v) is 2.47. The molecule has 0 bridgehead atoms. The third-order valence-corrected chi connectivity index (χ3v) is 1.78. The van der Waals surface area contributed by atoms with E-state index in [0.29, 0.717) is 0 Å². The van der Waals surface area contributed by atoms with Crippen molar-refractivity contribution in [3.05, 3.63) is 35.9 Å². The Labute approximate surface area is 83.1 Å². The molecule has 0 amide bonds. The van der Waals surface area contributed by atoms with Crippen molar-refractivity contribution in [2.24, 2.45) is 0 Å². The molecule has 4 heteroatoms. The lowest BCUT2D eigenvalue weighted by Crippen LogP contribution is -2.14. The van der Waals surface area contributed by atoms with Crippen molar-refractivity contribution in [1.82, 2.24) is 4.84 Å². The molecule has 1 unspecified atom stereocenters. The number of rotatable bonds is 3. The smallest absolute Gasteiger partial charge is 0.0701 e. The van der Waals surface area contributed by atoms with E-state index in [1.807, 2.05) is 30.3 Å². The third-order valence-electron chi connectivity index (χ3n) is 1.52. The van der Waals surface area contributed by atoms with Crippen LogP contribution in [0.5, 0.6) is 0 Å². The predicted octanol–water partition coefficient (Wildman–Crippen LogP) is 1.89. The van der Waals surface area contributed by atoms with E-state index in [0.717, 1.165) is 5.56 Å². The number of hydrogen-bond acceptors (Lipinski definition) is 2. The molecule has 2 nitrogen and oxygen atoms in total. The zero-order chi connectivity index (χ0) is 8.10. The number of hydrogen-bond donors (Lipinski definition) is 2. The number of nitrogens with one attached hydrogen (secondary N) is 1. The largest absolute Gasteiger partial charge is 0.394 e. The van der Waals surface area contributed by atoms with Crippen molar-refractivity contribution in [2.75, 3.05) is 6.61 Å². The second kappa shape index (κ2) is 6.26. The Hall–Kier alpha value is -0.280. The molecule has 0 heterocycles. The molecule has 1 aromatic rings. The summed E-state index contributed by atoms with van der Waals surface area (Å²) in [6.45, 7) is 0.00745. The summed E-state index contributed by atoms with van der Waals surface area (Å²) in [7, 11) is 0. The first-order valence-electron chi connectivity index (χ1n) is 3.40. The van der Waals surface area contributed by atoms with E-state index in [9.17, 15) is 0 Å². The van der Waals surface area contributed by atoms with Crippen LogP contribution >= 0.6 is 24.2 Å². The Kier molecular flexibility index (Phi) is 6.11. The number of halogens is 2.